The zero-order chi connectivity index (χ0) is 98.6. The van der Waals surface area contributed by atoms with E-state index in [-0.39, 0.29) is 16.2 Å². The van der Waals surface area contributed by atoms with E-state index in [4.69, 9.17) is 28.4 Å². The molecule has 3 aliphatic heterocycles. The van der Waals surface area contributed by atoms with E-state index in [0.29, 0.717) is 28.7 Å². The summed E-state index contributed by atoms with van der Waals surface area (Å²) in [4.78, 5) is 10.2. The Morgan fingerprint density at radius 1 is 0.170 bits per heavy atom. The number of rotatable bonds is 16. The molecule has 12 heteroatoms. The van der Waals surface area contributed by atoms with Crippen LogP contribution in [0.2, 0.25) is 0 Å². The summed E-state index contributed by atoms with van der Waals surface area (Å²) >= 11 is 5.09. The molecule has 22 aromatic rings. The third-order valence-corrected chi connectivity index (χ3v) is 32.9. The van der Waals surface area contributed by atoms with Crippen molar-refractivity contribution in [3.05, 3.63) is 513 Å². The van der Waals surface area contributed by atoms with Gasteiger partial charge in [0.15, 0.2) is 51.7 Å². The third-order valence-electron chi connectivity index (χ3n) is 29.3. The van der Waals surface area contributed by atoms with E-state index < -0.39 is 0 Å². The monoisotopic (exact) mass is 1950 g/mol. The summed E-state index contributed by atoms with van der Waals surface area (Å²) in [6.07, 6.45) is 0. The van der Waals surface area contributed by atoms with Gasteiger partial charge in [0.05, 0.1) is 26.0 Å². The molecule has 0 unspecified atom stereocenters. The fourth-order valence-corrected chi connectivity index (χ4v) is 25.6. The maximum Gasteiger partial charge on any atom is 0.205 e. The number of hydrogen-bond acceptors (Lipinski definition) is 12. The van der Waals surface area contributed by atoms with Gasteiger partial charge >= 0.3 is 0 Å². The molecular formula is C135H97N3O6S3. The fraction of sp³-hybridized carbons (Fsp3) is 0.0667. The molecule has 6 aliphatic rings. The Balaban J connectivity index is 0.000000112. The molecule has 706 valence electrons. The molecule has 19 aromatic carbocycles. The summed E-state index contributed by atoms with van der Waals surface area (Å²) in [5.41, 5.74) is 34.2. The smallest absolute Gasteiger partial charge is 0.205 e. The lowest BCUT2D eigenvalue weighted by molar-refractivity contribution is 0.364. The van der Waals surface area contributed by atoms with Gasteiger partial charge in [-0.05, 0) is 220 Å². The van der Waals surface area contributed by atoms with E-state index in [1.807, 2.05) is 91.0 Å². The lowest BCUT2D eigenvalue weighted by Crippen LogP contribution is -2.17. The van der Waals surface area contributed by atoms with Gasteiger partial charge in [-0.2, -0.15) is 0 Å². The first kappa shape index (κ1) is 89.6. The SMILES string of the molecule is CC1(C)c2ccccc2-c2c(N(c3ccc(-c4ccccc4)cc3)c3sc(-c4ccccc4)c4c3Oc3ccccc3O4)cccc21.CC1(C)c2ccccc2-c2ccc(N(c3ccc(-c4ccccc4)cc3)c3sc(-c4ccccc4)c4c3Oc3ccccc3O4)cc21.CC1(C)c2ccccc2-c2ccc(N(c3ccc(-c4ccccc4)cc3-c3ccccc3)c3sc(-c4ccccc4)c4c3Oc3ccccc3O4)cc21. The number of para-hydroxylation sites is 6. The van der Waals surface area contributed by atoms with Crippen molar-refractivity contribution in [2.24, 2.45) is 0 Å². The van der Waals surface area contributed by atoms with Gasteiger partial charge in [0.1, 0.15) is 15.0 Å². The van der Waals surface area contributed by atoms with Crippen molar-refractivity contribution < 1.29 is 28.4 Å². The number of fused-ring (bicyclic) bond motifs is 15. The zero-order valence-electron chi connectivity index (χ0n) is 81.6. The van der Waals surface area contributed by atoms with Crippen LogP contribution in [0.4, 0.5) is 49.1 Å². The van der Waals surface area contributed by atoms with Gasteiger partial charge in [0, 0.05) is 50.1 Å². The highest BCUT2D eigenvalue weighted by molar-refractivity contribution is 7.21. The van der Waals surface area contributed by atoms with Crippen LogP contribution in [0.1, 0.15) is 74.9 Å². The topological polar surface area (TPSA) is 65.1 Å². The molecule has 6 heterocycles. The van der Waals surface area contributed by atoms with Gasteiger partial charge in [-0.1, -0.05) is 418 Å². The van der Waals surface area contributed by atoms with Gasteiger partial charge < -0.3 is 28.4 Å². The van der Waals surface area contributed by atoms with E-state index in [9.17, 15) is 0 Å². The first-order chi connectivity index (χ1) is 72.2. The molecule has 9 nitrogen and oxygen atoms in total. The number of ether oxygens (including phenoxy) is 6. The maximum atomic E-state index is 6.90. The number of hydrogen-bond donors (Lipinski definition) is 0. The van der Waals surface area contributed by atoms with Gasteiger partial charge in [0.25, 0.3) is 0 Å². The summed E-state index contributed by atoms with van der Waals surface area (Å²) in [7, 11) is 0. The van der Waals surface area contributed by atoms with E-state index >= 15 is 0 Å². The van der Waals surface area contributed by atoms with Crippen molar-refractivity contribution >= 4 is 83.1 Å². The molecule has 0 saturated heterocycles. The second kappa shape index (κ2) is 36.7. The highest BCUT2D eigenvalue weighted by Gasteiger charge is 2.44. The molecule has 28 rings (SSSR count). The second-order valence-corrected chi connectivity index (χ2v) is 42.2. The van der Waals surface area contributed by atoms with Crippen molar-refractivity contribution in [1.29, 1.82) is 0 Å². The van der Waals surface area contributed by atoms with Crippen LogP contribution in [0.25, 0.3) is 109 Å². The highest BCUT2D eigenvalue weighted by Crippen LogP contribution is 2.68. The van der Waals surface area contributed by atoms with Crippen molar-refractivity contribution in [3.8, 4) is 178 Å². The van der Waals surface area contributed by atoms with E-state index in [0.717, 1.165) is 137 Å². The summed E-state index contributed by atoms with van der Waals surface area (Å²) < 4.78 is 40.6. The molecule has 147 heavy (non-hydrogen) atoms. The summed E-state index contributed by atoms with van der Waals surface area (Å²) in [6.45, 7) is 14.0. The lowest BCUT2D eigenvalue weighted by Gasteiger charge is -2.30. The quantitative estimate of drug-likeness (QED) is 0.0941. The summed E-state index contributed by atoms with van der Waals surface area (Å²) in [5, 5.41) is 2.89. The predicted molar refractivity (Wildman–Crippen MR) is 608 cm³/mol. The van der Waals surface area contributed by atoms with Crippen molar-refractivity contribution in [2.75, 3.05) is 14.7 Å². The van der Waals surface area contributed by atoms with Crippen LogP contribution in [0.15, 0.2) is 479 Å². The number of benzene rings is 19. The third kappa shape index (κ3) is 15.7. The van der Waals surface area contributed by atoms with Gasteiger partial charge in [-0.15, -0.1) is 34.0 Å². The lowest BCUT2D eigenvalue weighted by atomic mass is 9.82. The van der Waals surface area contributed by atoms with Crippen LogP contribution in [0.3, 0.4) is 0 Å². The Labute approximate surface area is 868 Å². The maximum absolute atomic E-state index is 6.90. The van der Waals surface area contributed by atoms with Crippen LogP contribution >= 0.6 is 34.0 Å². The molecule has 0 saturated carbocycles. The summed E-state index contributed by atoms with van der Waals surface area (Å²) in [5.74, 6) is 8.65. The minimum atomic E-state index is -0.171. The zero-order valence-corrected chi connectivity index (χ0v) is 84.1. The Bertz CT molecular complexity index is 8800. The second-order valence-electron chi connectivity index (χ2n) is 39.2. The molecule has 0 radical (unpaired) electrons. The van der Waals surface area contributed by atoms with E-state index in [1.165, 1.54) is 94.6 Å². The molecule has 0 fully saturated rings. The molecular weight excluding hydrogens is 1860 g/mol. The van der Waals surface area contributed by atoms with Crippen LogP contribution < -0.4 is 43.1 Å². The predicted octanol–water partition coefficient (Wildman–Crippen LogP) is 39.9. The number of thiophene rings is 3. The highest BCUT2D eigenvalue weighted by atomic mass is 32.1. The number of nitrogens with zero attached hydrogens (tertiary/aromatic N) is 3. The van der Waals surface area contributed by atoms with Gasteiger partial charge in [0.2, 0.25) is 17.2 Å². The number of anilines is 9. The molecule has 0 amide bonds. The standard InChI is InChI=1S/C49H35NO2S.2C43H31NO2S/c1-49(2)40-23-13-12-22-37(40)38-28-27-36(31-41(38)49)50(42-29-26-35(32-16-6-3-7-17-32)30-39(42)33-18-8-4-9-19-33)48-46-45(47(53-48)34-20-10-5-11-21-34)51-43-24-14-15-25-44(43)52-46;1-43(2)33-19-10-9-18-32(33)38-34(43)20-13-21-35(38)44(31-26-24-29(25-27-31)28-14-5-3-6-15-28)42-40-39(41(47-42)30-16-7-4-8-17-30)45-36-22-11-12-23-37(36)46-40;1-43(2)35-18-10-9-17-33(35)34-26-25-32(27-36(34)43)44(31-23-21-29(22-24-31)28-13-5-3-6-14-28)42-40-39(41(47-42)30-15-7-4-8-16-30)45-37-19-11-12-20-38(37)46-40/h3-31H,1-2H3;2*3-27H,1-2H3. The first-order valence-corrected chi connectivity index (χ1v) is 52.3. The van der Waals surface area contributed by atoms with Crippen LogP contribution in [-0.4, -0.2) is 0 Å². The van der Waals surface area contributed by atoms with Crippen molar-refractivity contribution in [1.82, 2.24) is 0 Å². The van der Waals surface area contributed by atoms with E-state index in [2.05, 4.69) is 444 Å². The molecule has 0 N–H and O–H groups in total. The Morgan fingerprint density at radius 3 is 0.830 bits per heavy atom. The van der Waals surface area contributed by atoms with Crippen LogP contribution in [0, 0.1) is 0 Å². The van der Waals surface area contributed by atoms with Crippen molar-refractivity contribution in [3.63, 3.8) is 0 Å². The minimum Gasteiger partial charge on any atom is -0.448 e. The van der Waals surface area contributed by atoms with Gasteiger partial charge in [-0.3, -0.25) is 14.7 Å². The first-order valence-electron chi connectivity index (χ1n) is 49.9. The Hall–Kier alpha value is -17.5. The van der Waals surface area contributed by atoms with Crippen LogP contribution in [0.5, 0.6) is 69.0 Å². The average Bonchev–Trinajstić information content (AvgIpc) is 1.57. The molecule has 3 aromatic heterocycles. The van der Waals surface area contributed by atoms with E-state index in [1.54, 1.807) is 34.0 Å². The van der Waals surface area contributed by atoms with Crippen molar-refractivity contribution in [2.45, 2.75) is 57.8 Å². The molecule has 3 aliphatic carbocycles. The molecule has 0 bridgehead atoms. The summed E-state index contributed by atoms with van der Waals surface area (Å²) in [6, 6.07) is 169. The molecule has 0 spiro atoms. The Kier molecular flexibility index (Phi) is 22.4. The normalized spacial score (nSPS) is 13.3. The minimum absolute atomic E-state index is 0.132. The average molecular weight is 1950 g/mol. The van der Waals surface area contributed by atoms with Crippen LogP contribution in [-0.2, 0) is 16.2 Å². The fourth-order valence-electron chi connectivity index (χ4n) is 22.0. The Morgan fingerprint density at radius 2 is 0.435 bits per heavy atom. The largest absolute Gasteiger partial charge is 0.448 e. The van der Waals surface area contributed by atoms with Gasteiger partial charge in [-0.25, -0.2) is 0 Å². The molecule has 0 atom stereocenters.